The highest BCUT2D eigenvalue weighted by Gasteiger charge is 2.31. The molecule has 0 aromatic carbocycles. The Morgan fingerprint density at radius 3 is 2.57 bits per heavy atom. The van der Waals surface area contributed by atoms with Gasteiger partial charge in [0, 0.05) is 5.57 Å². The molecule has 14 heavy (non-hydrogen) atoms. The molecule has 1 rings (SSSR count). The predicted molar refractivity (Wildman–Crippen MR) is 57.0 cm³/mol. The van der Waals surface area contributed by atoms with Crippen LogP contribution in [0.2, 0.25) is 0 Å². The first-order valence-electron chi connectivity index (χ1n) is 5.36. The molecule has 2 nitrogen and oxygen atoms in total. The van der Waals surface area contributed by atoms with Gasteiger partial charge in [0.05, 0.1) is 6.61 Å². The van der Waals surface area contributed by atoms with Gasteiger partial charge in [-0.05, 0) is 38.5 Å². The molecule has 0 saturated heterocycles. The average Bonchev–Trinajstić information content (AvgIpc) is 2.44. The van der Waals surface area contributed by atoms with Gasteiger partial charge in [0.15, 0.2) is 0 Å². The van der Waals surface area contributed by atoms with Crippen LogP contribution in [0.4, 0.5) is 0 Å². The summed E-state index contributed by atoms with van der Waals surface area (Å²) in [4.78, 5) is 11.5. The average molecular weight is 196 g/mol. The molecule has 0 atom stereocenters. The van der Waals surface area contributed by atoms with Gasteiger partial charge in [0.25, 0.3) is 0 Å². The molecule has 0 heterocycles. The lowest BCUT2D eigenvalue weighted by atomic mass is 9.84. The van der Waals surface area contributed by atoms with Crippen molar-refractivity contribution in [1.29, 1.82) is 0 Å². The third kappa shape index (κ3) is 2.17. The van der Waals surface area contributed by atoms with Crippen LogP contribution in [0.1, 0.15) is 47.0 Å². The third-order valence-corrected chi connectivity index (χ3v) is 3.08. The molecule has 0 unspecified atom stereocenters. The molecule has 80 valence electrons. The van der Waals surface area contributed by atoms with E-state index in [0.717, 1.165) is 12.0 Å². The number of hydrogen-bond acceptors (Lipinski definition) is 2. The second kappa shape index (κ2) is 4.16. The SMILES string of the molecule is CCOC(=O)C(C)=C1CCCC1(C)C. The van der Waals surface area contributed by atoms with Crippen molar-refractivity contribution >= 4 is 5.97 Å². The van der Waals surface area contributed by atoms with E-state index in [0.29, 0.717) is 6.61 Å². The number of allylic oxidation sites excluding steroid dienone is 1. The quantitative estimate of drug-likeness (QED) is 0.501. The van der Waals surface area contributed by atoms with Crippen LogP contribution in [0, 0.1) is 5.41 Å². The molecular formula is C12H20O2. The molecule has 0 amide bonds. The van der Waals surface area contributed by atoms with Gasteiger partial charge in [-0.1, -0.05) is 19.4 Å². The van der Waals surface area contributed by atoms with Crippen molar-refractivity contribution in [2.45, 2.75) is 47.0 Å². The number of esters is 1. The summed E-state index contributed by atoms with van der Waals surface area (Å²) in [5.41, 5.74) is 2.31. The van der Waals surface area contributed by atoms with Crippen LogP contribution >= 0.6 is 0 Å². The number of rotatable bonds is 2. The second-order valence-electron chi connectivity index (χ2n) is 4.56. The fourth-order valence-corrected chi connectivity index (χ4v) is 2.25. The standard InChI is InChI=1S/C12H20O2/c1-5-14-11(13)9(2)10-7-6-8-12(10,3)4/h5-8H2,1-4H3. The summed E-state index contributed by atoms with van der Waals surface area (Å²) in [6.07, 6.45) is 3.43. The molecule has 0 aliphatic heterocycles. The lowest BCUT2D eigenvalue weighted by Crippen LogP contribution is -2.14. The van der Waals surface area contributed by atoms with Crippen LogP contribution in [0.5, 0.6) is 0 Å². The summed E-state index contributed by atoms with van der Waals surface area (Å²) in [6, 6.07) is 0. The topological polar surface area (TPSA) is 26.3 Å². The fraction of sp³-hybridized carbons (Fsp3) is 0.750. The third-order valence-electron chi connectivity index (χ3n) is 3.08. The number of ether oxygens (including phenoxy) is 1. The van der Waals surface area contributed by atoms with E-state index in [1.165, 1.54) is 18.4 Å². The maximum Gasteiger partial charge on any atom is 0.333 e. The summed E-state index contributed by atoms with van der Waals surface area (Å²) in [6.45, 7) is 8.61. The zero-order chi connectivity index (χ0) is 10.8. The van der Waals surface area contributed by atoms with Gasteiger partial charge in [-0.15, -0.1) is 0 Å². The lowest BCUT2D eigenvalue weighted by molar-refractivity contribution is -0.138. The molecule has 0 radical (unpaired) electrons. The van der Waals surface area contributed by atoms with Gasteiger partial charge in [0.2, 0.25) is 0 Å². The first-order valence-corrected chi connectivity index (χ1v) is 5.36. The minimum Gasteiger partial charge on any atom is -0.463 e. The Labute approximate surface area is 86.3 Å². The van der Waals surface area contributed by atoms with Crippen LogP contribution in [0.15, 0.2) is 11.1 Å². The normalized spacial score (nSPS) is 23.4. The maximum absolute atomic E-state index is 11.5. The Bertz CT molecular complexity index is 261. The molecule has 0 spiro atoms. The van der Waals surface area contributed by atoms with Crippen molar-refractivity contribution in [3.05, 3.63) is 11.1 Å². The number of carbonyl (C=O) groups excluding carboxylic acids is 1. The van der Waals surface area contributed by atoms with Gasteiger partial charge < -0.3 is 4.74 Å². The Morgan fingerprint density at radius 1 is 1.50 bits per heavy atom. The lowest BCUT2D eigenvalue weighted by Gasteiger charge is -2.21. The van der Waals surface area contributed by atoms with E-state index in [2.05, 4.69) is 13.8 Å². The molecule has 0 aromatic rings. The highest BCUT2D eigenvalue weighted by Crippen LogP contribution is 2.43. The molecule has 0 bridgehead atoms. The van der Waals surface area contributed by atoms with E-state index in [1.54, 1.807) is 0 Å². The Balaban J connectivity index is 2.87. The van der Waals surface area contributed by atoms with Gasteiger partial charge in [-0.3, -0.25) is 0 Å². The smallest absolute Gasteiger partial charge is 0.333 e. The number of carbonyl (C=O) groups is 1. The molecule has 0 aromatic heterocycles. The monoisotopic (exact) mass is 196 g/mol. The molecule has 1 fully saturated rings. The Hall–Kier alpha value is -0.790. The van der Waals surface area contributed by atoms with E-state index < -0.39 is 0 Å². The first-order chi connectivity index (χ1) is 6.49. The fourth-order valence-electron chi connectivity index (χ4n) is 2.25. The maximum atomic E-state index is 11.5. The van der Waals surface area contributed by atoms with Crippen molar-refractivity contribution in [2.75, 3.05) is 6.61 Å². The summed E-state index contributed by atoms with van der Waals surface area (Å²) in [5, 5.41) is 0. The minimum atomic E-state index is -0.141. The molecule has 1 saturated carbocycles. The van der Waals surface area contributed by atoms with Crippen molar-refractivity contribution in [3.63, 3.8) is 0 Å². The Morgan fingerprint density at radius 2 is 2.14 bits per heavy atom. The Kier molecular flexibility index (Phi) is 3.35. The zero-order valence-corrected chi connectivity index (χ0v) is 9.64. The van der Waals surface area contributed by atoms with Gasteiger partial charge in [-0.2, -0.15) is 0 Å². The summed E-state index contributed by atoms with van der Waals surface area (Å²) in [5.74, 6) is -0.141. The predicted octanol–water partition coefficient (Wildman–Crippen LogP) is 3.08. The summed E-state index contributed by atoms with van der Waals surface area (Å²) < 4.78 is 5.01. The molecule has 0 N–H and O–H groups in total. The summed E-state index contributed by atoms with van der Waals surface area (Å²) >= 11 is 0. The van der Waals surface area contributed by atoms with E-state index in [9.17, 15) is 4.79 Å². The molecular weight excluding hydrogens is 176 g/mol. The van der Waals surface area contributed by atoms with Crippen molar-refractivity contribution in [1.82, 2.24) is 0 Å². The van der Waals surface area contributed by atoms with E-state index in [4.69, 9.17) is 4.74 Å². The van der Waals surface area contributed by atoms with Gasteiger partial charge >= 0.3 is 5.97 Å². The van der Waals surface area contributed by atoms with Crippen molar-refractivity contribution in [3.8, 4) is 0 Å². The molecule has 1 aliphatic rings. The van der Waals surface area contributed by atoms with Crippen LogP contribution in [0.3, 0.4) is 0 Å². The van der Waals surface area contributed by atoms with Crippen molar-refractivity contribution in [2.24, 2.45) is 5.41 Å². The first kappa shape index (κ1) is 11.3. The van der Waals surface area contributed by atoms with Crippen LogP contribution < -0.4 is 0 Å². The highest BCUT2D eigenvalue weighted by atomic mass is 16.5. The summed E-state index contributed by atoms with van der Waals surface area (Å²) in [7, 11) is 0. The second-order valence-corrected chi connectivity index (χ2v) is 4.56. The van der Waals surface area contributed by atoms with Crippen LogP contribution in [-0.4, -0.2) is 12.6 Å². The van der Waals surface area contributed by atoms with Crippen LogP contribution in [-0.2, 0) is 9.53 Å². The molecule has 2 heteroatoms. The van der Waals surface area contributed by atoms with Crippen molar-refractivity contribution < 1.29 is 9.53 Å². The van der Waals surface area contributed by atoms with E-state index in [1.807, 2.05) is 13.8 Å². The minimum absolute atomic E-state index is 0.141. The highest BCUT2D eigenvalue weighted by molar-refractivity contribution is 5.89. The van der Waals surface area contributed by atoms with E-state index >= 15 is 0 Å². The van der Waals surface area contributed by atoms with Gasteiger partial charge in [-0.25, -0.2) is 4.79 Å². The van der Waals surface area contributed by atoms with E-state index in [-0.39, 0.29) is 11.4 Å². The van der Waals surface area contributed by atoms with Gasteiger partial charge in [0.1, 0.15) is 0 Å². The largest absolute Gasteiger partial charge is 0.463 e. The number of hydrogen-bond donors (Lipinski definition) is 0. The molecule has 1 aliphatic carbocycles. The zero-order valence-electron chi connectivity index (χ0n) is 9.64. The van der Waals surface area contributed by atoms with Crippen LogP contribution in [0.25, 0.3) is 0 Å².